The van der Waals surface area contributed by atoms with Crippen molar-refractivity contribution in [1.82, 2.24) is 4.72 Å². The zero-order chi connectivity index (χ0) is 14.8. The largest absolute Gasteiger partial charge is 0.399 e. The molecule has 4 N–H and O–H groups in total. The summed E-state index contributed by atoms with van der Waals surface area (Å²) in [7, 11) is -3.91. The second-order valence-electron chi connectivity index (χ2n) is 4.88. The Balaban J connectivity index is 2.11. The molecule has 1 aromatic carbocycles. The molecule has 0 aromatic heterocycles. The van der Waals surface area contributed by atoms with Crippen LogP contribution < -0.4 is 10.5 Å². The predicted octanol–water partition coefficient (Wildman–Crippen LogP) is 0.228. The van der Waals surface area contributed by atoms with E-state index in [1.54, 1.807) is 0 Å². The first kappa shape index (κ1) is 15.2. The van der Waals surface area contributed by atoms with Crippen molar-refractivity contribution in [2.24, 2.45) is 0 Å². The number of rotatable bonds is 4. The molecule has 0 amide bonds. The molecule has 0 unspecified atom stereocenters. The van der Waals surface area contributed by atoms with Gasteiger partial charge in [-0.3, -0.25) is 0 Å². The van der Waals surface area contributed by atoms with E-state index in [0.717, 1.165) is 12.1 Å². The van der Waals surface area contributed by atoms with E-state index in [1.165, 1.54) is 6.07 Å². The van der Waals surface area contributed by atoms with Crippen molar-refractivity contribution < 1.29 is 22.7 Å². The molecule has 0 spiro atoms. The smallest absolute Gasteiger partial charge is 0.240 e. The van der Waals surface area contributed by atoms with Gasteiger partial charge in [0.15, 0.2) is 0 Å². The number of hydrogen-bond acceptors (Lipinski definition) is 5. The highest BCUT2D eigenvalue weighted by molar-refractivity contribution is 7.89. The van der Waals surface area contributed by atoms with Crippen LogP contribution in [0.3, 0.4) is 0 Å². The second kappa shape index (κ2) is 5.65. The first-order chi connectivity index (χ1) is 9.31. The van der Waals surface area contributed by atoms with Crippen LogP contribution in [0.2, 0.25) is 0 Å². The van der Waals surface area contributed by atoms with E-state index in [9.17, 15) is 17.9 Å². The Morgan fingerprint density at radius 3 is 2.60 bits per heavy atom. The van der Waals surface area contributed by atoms with Gasteiger partial charge in [-0.1, -0.05) is 0 Å². The SMILES string of the molecule is Nc1cc(F)cc(S(=O)(=O)NCC2(O)CCOCC2)c1. The summed E-state index contributed by atoms with van der Waals surface area (Å²) in [4.78, 5) is -0.259. The molecule has 112 valence electrons. The Labute approximate surface area is 116 Å². The van der Waals surface area contributed by atoms with Crippen molar-refractivity contribution in [1.29, 1.82) is 0 Å². The molecule has 1 heterocycles. The molecule has 0 atom stereocenters. The molecule has 1 aromatic rings. The quantitative estimate of drug-likeness (QED) is 0.691. The highest BCUT2D eigenvalue weighted by Crippen LogP contribution is 2.21. The van der Waals surface area contributed by atoms with E-state index in [2.05, 4.69) is 4.72 Å². The van der Waals surface area contributed by atoms with Gasteiger partial charge in [0.25, 0.3) is 0 Å². The summed E-state index contributed by atoms with van der Waals surface area (Å²) < 4.78 is 44.7. The molecule has 1 aliphatic heterocycles. The summed E-state index contributed by atoms with van der Waals surface area (Å²) in [5.41, 5.74) is 4.31. The number of ether oxygens (including phenoxy) is 1. The third kappa shape index (κ3) is 3.66. The van der Waals surface area contributed by atoms with Crippen LogP contribution >= 0.6 is 0 Å². The fourth-order valence-corrected chi connectivity index (χ4v) is 3.16. The minimum absolute atomic E-state index is 0.0233. The number of halogens is 1. The molecule has 20 heavy (non-hydrogen) atoms. The number of sulfonamides is 1. The Morgan fingerprint density at radius 1 is 1.35 bits per heavy atom. The molecule has 1 saturated heterocycles. The van der Waals surface area contributed by atoms with E-state index in [0.29, 0.717) is 26.1 Å². The van der Waals surface area contributed by atoms with Crippen LogP contribution in [0.5, 0.6) is 0 Å². The maximum Gasteiger partial charge on any atom is 0.240 e. The van der Waals surface area contributed by atoms with Gasteiger partial charge in [0.05, 0.1) is 10.5 Å². The Morgan fingerprint density at radius 2 is 2.00 bits per heavy atom. The number of benzene rings is 1. The number of nitrogen functional groups attached to an aromatic ring is 1. The molecule has 2 rings (SSSR count). The molecule has 1 fully saturated rings. The molecule has 0 aliphatic carbocycles. The monoisotopic (exact) mass is 304 g/mol. The van der Waals surface area contributed by atoms with Gasteiger partial charge in [-0.25, -0.2) is 17.5 Å². The summed E-state index contributed by atoms with van der Waals surface area (Å²) >= 11 is 0. The topological polar surface area (TPSA) is 102 Å². The third-order valence-electron chi connectivity index (χ3n) is 3.22. The standard InChI is InChI=1S/C12H17FN2O4S/c13-9-5-10(14)7-11(6-9)20(17,18)15-8-12(16)1-3-19-4-2-12/h5-7,15-16H,1-4,8,14H2. The zero-order valence-electron chi connectivity index (χ0n) is 10.8. The first-order valence-corrected chi connectivity index (χ1v) is 7.65. The minimum atomic E-state index is -3.91. The number of nitrogens with one attached hydrogen (secondary N) is 1. The van der Waals surface area contributed by atoms with Crippen molar-refractivity contribution in [3.63, 3.8) is 0 Å². The molecule has 8 heteroatoms. The van der Waals surface area contributed by atoms with Gasteiger partial charge >= 0.3 is 0 Å². The lowest BCUT2D eigenvalue weighted by atomic mass is 9.95. The minimum Gasteiger partial charge on any atom is -0.399 e. The van der Waals surface area contributed by atoms with Gasteiger partial charge in [-0.2, -0.15) is 0 Å². The average Bonchev–Trinajstić information content (AvgIpc) is 2.37. The number of anilines is 1. The van der Waals surface area contributed by atoms with Crippen molar-refractivity contribution in [2.45, 2.75) is 23.3 Å². The fraction of sp³-hybridized carbons (Fsp3) is 0.500. The van der Waals surface area contributed by atoms with Crippen molar-refractivity contribution in [2.75, 3.05) is 25.5 Å². The van der Waals surface area contributed by atoms with Gasteiger partial charge in [0, 0.05) is 38.3 Å². The van der Waals surface area contributed by atoms with E-state index in [-0.39, 0.29) is 17.1 Å². The molecular weight excluding hydrogens is 287 g/mol. The summed E-state index contributed by atoms with van der Waals surface area (Å²) in [6, 6.07) is 3.08. The lowest BCUT2D eigenvalue weighted by Gasteiger charge is -2.31. The molecule has 0 saturated carbocycles. The average molecular weight is 304 g/mol. The number of hydrogen-bond donors (Lipinski definition) is 3. The zero-order valence-corrected chi connectivity index (χ0v) is 11.6. The van der Waals surface area contributed by atoms with Gasteiger partial charge in [0.2, 0.25) is 10.0 Å². The maximum atomic E-state index is 13.2. The summed E-state index contributed by atoms with van der Waals surface area (Å²) in [5, 5.41) is 10.2. The number of nitrogens with two attached hydrogens (primary N) is 1. The Bertz CT molecular complexity index is 565. The molecule has 6 nitrogen and oxygen atoms in total. The molecule has 0 bridgehead atoms. The molecule has 0 radical (unpaired) electrons. The summed E-state index contributed by atoms with van der Waals surface area (Å²) in [6.45, 7) is 0.616. The van der Waals surface area contributed by atoms with Crippen LogP contribution in [0, 0.1) is 5.82 Å². The van der Waals surface area contributed by atoms with Crippen LogP contribution in [0.1, 0.15) is 12.8 Å². The lowest BCUT2D eigenvalue weighted by molar-refractivity contribution is -0.0588. The van der Waals surface area contributed by atoms with E-state index < -0.39 is 21.4 Å². The predicted molar refractivity (Wildman–Crippen MR) is 71.0 cm³/mol. The van der Waals surface area contributed by atoms with E-state index in [1.807, 2.05) is 0 Å². The van der Waals surface area contributed by atoms with Crippen LogP contribution in [-0.4, -0.2) is 38.9 Å². The fourth-order valence-electron chi connectivity index (χ4n) is 1.98. The Hall–Kier alpha value is -1.22. The highest BCUT2D eigenvalue weighted by Gasteiger charge is 2.31. The third-order valence-corrected chi connectivity index (χ3v) is 4.60. The van der Waals surface area contributed by atoms with Gasteiger partial charge < -0.3 is 15.6 Å². The van der Waals surface area contributed by atoms with Gasteiger partial charge in [-0.05, 0) is 18.2 Å². The summed E-state index contributed by atoms with van der Waals surface area (Å²) in [6.07, 6.45) is 0.696. The van der Waals surface area contributed by atoms with Crippen molar-refractivity contribution in [3.8, 4) is 0 Å². The van der Waals surface area contributed by atoms with Crippen LogP contribution in [-0.2, 0) is 14.8 Å². The second-order valence-corrected chi connectivity index (χ2v) is 6.65. The first-order valence-electron chi connectivity index (χ1n) is 6.17. The van der Waals surface area contributed by atoms with Gasteiger partial charge in [0.1, 0.15) is 5.82 Å². The molecule has 1 aliphatic rings. The van der Waals surface area contributed by atoms with Crippen molar-refractivity contribution in [3.05, 3.63) is 24.0 Å². The van der Waals surface area contributed by atoms with Crippen LogP contribution in [0.4, 0.5) is 10.1 Å². The van der Waals surface area contributed by atoms with Crippen molar-refractivity contribution >= 4 is 15.7 Å². The van der Waals surface area contributed by atoms with Gasteiger partial charge in [-0.15, -0.1) is 0 Å². The Kier molecular flexibility index (Phi) is 4.28. The number of aliphatic hydroxyl groups is 1. The lowest BCUT2D eigenvalue weighted by Crippen LogP contribution is -2.46. The maximum absolute atomic E-state index is 13.2. The highest BCUT2D eigenvalue weighted by atomic mass is 32.2. The van der Waals surface area contributed by atoms with Crippen LogP contribution in [0.25, 0.3) is 0 Å². The van der Waals surface area contributed by atoms with E-state index in [4.69, 9.17) is 10.5 Å². The van der Waals surface area contributed by atoms with Crippen LogP contribution in [0.15, 0.2) is 23.1 Å². The van der Waals surface area contributed by atoms with E-state index >= 15 is 0 Å². The normalized spacial score (nSPS) is 18.9. The summed E-state index contributed by atoms with van der Waals surface area (Å²) in [5.74, 6) is -0.727. The molecular formula is C12H17FN2O4S.